The zero-order chi connectivity index (χ0) is 30.3. The summed E-state index contributed by atoms with van der Waals surface area (Å²) in [4.78, 5) is 32.8. The number of halogens is 4. The van der Waals surface area contributed by atoms with E-state index in [0.29, 0.717) is 5.52 Å². The molecule has 1 atom stereocenters. The van der Waals surface area contributed by atoms with Crippen molar-refractivity contribution in [3.05, 3.63) is 99.1 Å². The largest absolute Gasteiger partial charge is 0.449 e. The molecule has 3 aromatic carbocycles. The molecule has 6 rings (SSSR count). The number of carbonyl (C=O) groups excluding carboxylic acids is 1. The molecule has 1 aliphatic heterocycles. The Morgan fingerprint density at radius 1 is 1.00 bits per heavy atom. The SMILES string of the molecule is C[C@H](NC(=O)OCC1c2ccccc2-c2ccccc21)c1nc2cccc(Cl)c2c(=O)n1N1CCN(CC(F)(F)F)CC1. The first-order chi connectivity index (χ1) is 20.6. The average Bonchev–Trinajstić information content (AvgIpc) is 3.29. The van der Waals surface area contributed by atoms with Gasteiger partial charge in [-0.25, -0.2) is 14.5 Å². The van der Waals surface area contributed by atoms with Gasteiger partial charge >= 0.3 is 12.3 Å². The lowest BCUT2D eigenvalue weighted by Crippen LogP contribution is -2.56. The maximum atomic E-state index is 13.8. The van der Waals surface area contributed by atoms with Crippen molar-refractivity contribution in [1.29, 1.82) is 0 Å². The molecular weight excluding hydrogens is 583 g/mol. The fourth-order valence-electron chi connectivity index (χ4n) is 5.98. The normalized spacial score (nSPS) is 16.2. The summed E-state index contributed by atoms with van der Waals surface area (Å²) in [6.45, 7) is 1.26. The molecular formula is C31H29ClF3N5O3. The molecule has 0 spiro atoms. The van der Waals surface area contributed by atoms with Crippen LogP contribution in [0.4, 0.5) is 18.0 Å². The molecule has 1 aromatic heterocycles. The van der Waals surface area contributed by atoms with Crippen LogP contribution in [-0.4, -0.2) is 66.2 Å². The highest BCUT2D eigenvalue weighted by molar-refractivity contribution is 6.35. The van der Waals surface area contributed by atoms with Crippen LogP contribution in [0.1, 0.15) is 35.8 Å². The van der Waals surface area contributed by atoms with Crippen LogP contribution in [0.25, 0.3) is 22.0 Å². The third kappa shape index (κ3) is 5.79. The van der Waals surface area contributed by atoms with Crippen molar-refractivity contribution in [2.45, 2.75) is 25.1 Å². The van der Waals surface area contributed by atoms with Gasteiger partial charge in [0.05, 0.1) is 28.5 Å². The summed E-state index contributed by atoms with van der Waals surface area (Å²) in [7, 11) is 0. The Bertz CT molecular complexity index is 1690. The number of piperazine rings is 1. The number of fused-ring (bicyclic) bond motifs is 4. The molecule has 0 radical (unpaired) electrons. The third-order valence-corrected chi connectivity index (χ3v) is 8.26. The van der Waals surface area contributed by atoms with Crippen LogP contribution in [-0.2, 0) is 4.74 Å². The standard InChI is InChI=1S/C31H29ClF3N5O3/c1-19(36-30(42)43-17-24-22-9-4-2-7-20(22)21-8-3-5-10-23(21)24)28-37-26-12-6-11-25(32)27(26)29(41)40(28)39-15-13-38(14-16-39)18-31(33,34)35/h2-12,19,24H,13-18H2,1H3,(H,36,42)/t19-/m0/s1. The van der Waals surface area contributed by atoms with Gasteiger partial charge in [-0.1, -0.05) is 66.2 Å². The van der Waals surface area contributed by atoms with Gasteiger partial charge in [0.25, 0.3) is 5.56 Å². The number of hydrogen-bond acceptors (Lipinski definition) is 6. The molecule has 0 saturated carbocycles. The van der Waals surface area contributed by atoms with Gasteiger partial charge < -0.3 is 15.1 Å². The van der Waals surface area contributed by atoms with Gasteiger partial charge in [-0.15, -0.1) is 0 Å². The molecule has 224 valence electrons. The third-order valence-electron chi connectivity index (χ3n) is 7.95. The van der Waals surface area contributed by atoms with Gasteiger partial charge in [-0.3, -0.25) is 9.69 Å². The Balaban J connectivity index is 1.23. The van der Waals surface area contributed by atoms with Gasteiger partial charge in [0.2, 0.25) is 0 Å². The average molecular weight is 612 g/mol. The molecule has 2 aliphatic rings. The van der Waals surface area contributed by atoms with Crippen LogP contribution in [0.3, 0.4) is 0 Å². The molecule has 1 aliphatic carbocycles. The first-order valence-corrected chi connectivity index (χ1v) is 14.4. The molecule has 12 heteroatoms. The van der Waals surface area contributed by atoms with E-state index in [1.165, 1.54) is 9.58 Å². The number of alkyl halides is 3. The lowest BCUT2D eigenvalue weighted by Gasteiger charge is -2.38. The topological polar surface area (TPSA) is 79.7 Å². The monoisotopic (exact) mass is 611 g/mol. The van der Waals surface area contributed by atoms with Gasteiger partial charge in [0.1, 0.15) is 6.61 Å². The number of alkyl carbamates (subject to hydrolysis) is 1. The maximum absolute atomic E-state index is 13.8. The highest BCUT2D eigenvalue weighted by Gasteiger charge is 2.34. The van der Waals surface area contributed by atoms with Crippen LogP contribution in [0.15, 0.2) is 71.5 Å². The van der Waals surface area contributed by atoms with Crippen molar-refractivity contribution < 1.29 is 22.7 Å². The van der Waals surface area contributed by atoms with Crippen molar-refractivity contribution in [2.24, 2.45) is 0 Å². The molecule has 2 heterocycles. The number of benzene rings is 3. The minimum atomic E-state index is -4.32. The van der Waals surface area contributed by atoms with Crippen LogP contribution in [0.5, 0.6) is 0 Å². The highest BCUT2D eigenvalue weighted by atomic mass is 35.5. The number of amides is 1. The van der Waals surface area contributed by atoms with Crippen molar-refractivity contribution in [3.8, 4) is 11.1 Å². The van der Waals surface area contributed by atoms with E-state index in [1.807, 2.05) is 36.4 Å². The van der Waals surface area contributed by atoms with Crippen molar-refractivity contribution in [1.82, 2.24) is 19.9 Å². The van der Waals surface area contributed by atoms with Gasteiger partial charge in [0.15, 0.2) is 5.82 Å². The molecule has 1 N–H and O–H groups in total. The quantitative estimate of drug-likeness (QED) is 0.312. The number of nitrogens with zero attached hydrogens (tertiary/aromatic N) is 4. The van der Waals surface area contributed by atoms with Crippen LogP contribution in [0, 0.1) is 0 Å². The molecule has 8 nitrogen and oxygen atoms in total. The Kier molecular flexibility index (Phi) is 7.78. The Hall–Kier alpha value is -4.09. The van der Waals surface area contributed by atoms with E-state index in [9.17, 15) is 22.8 Å². The number of rotatable bonds is 6. The van der Waals surface area contributed by atoms with Gasteiger partial charge in [0, 0.05) is 32.1 Å². The number of carbonyl (C=O) groups is 1. The number of aromatic nitrogens is 2. The lowest BCUT2D eigenvalue weighted by molar-refractivity contribution is -0.146. The minimum Gasteiger partial charge on any atom is -0.449 e. The zero-order valence-electron chi connectivity index (χ0n) is 23.3. The summed E-state index contributed by atoms with van der Waals surface area (Å²) in [6.07, 6.45) is -5.00. The minimum absolute atomic E-state index is 0.0974. The number of ether oxygens (including phenoxy) is 1. The Morgan fingerprint density at radius 2 is 1.63 bits per heavy atom. The molecule has 4 aromatic rings. The second-order valence-corrected chi connectivity index (χ2v) is 11.2. The smallest absolute Gasteiger partial charge is 0.407 e. The fraction of sp³-hybridized carbons (Fsp3) is 0.323. The van der Waals surface area contributed by atoms with E-state index in [4.69, 9.17) is 16.3 Å². The van der Waals surface area contributed by atoms with E-state index < -0.39 is 30.4 Å². The van der Waals surface area contributed by atoms with E-state index in [1.54, 1.807) is 30.1 Å². The molecule has 1 amide bonds. The Morgan fingerprint density at radius 3 is 2.26 bits per heavy atom. The van der Waals surface area contributed by atoms with Crippen LogP contribution in [0.2, 0.25) is 5.02 Å². The predicted molar refractivity (Wildman–Crippen MR) is 158 cm³/mol. The fourth-order valence-corrected chi connectivity index (χ4v) is 6.23. The summed E-state index contributed by atoms with van der Waals surface area (Å²) in [5.41, 5.74) is 4.27. The van der Waals surface area contributed by atoms with Crippen molar-refractivity contribution >= 4 is 28.6 Å². The summed E-state index contributed by atoms with van der Waals surface area (Å²) < 4.78 is 45.9. The van der Waals surface area contributed by atoms with Crippen LogP contribution < -0.4 is 15.9 Å². The second-order valence-electron chi connectivity index (χ2n) is 10.8. The molecule has 0 bridgehead atoms. The van der Waals surface area contributed by atoms with E-state index in [2.05, 4.69) is 22.4 Å². The Labute approximate surface area is 250 Å². The summed E-state index contributed by atoms with van der Waals surface area (Å²) in [6, 6.07) is 20.2. The highest BCUT2D eigenvalue weighted by Crippen LogP contribution is 2.44. The van der Waals surface area contributed by atoms with Gasteiger partial charge in [-0.2, -0.15) is 13.2 Å². The zero-order valence-corrected chi connectivity index (χ0v) is 24.0. The number of nitrogens with one attached hydrogen (secondary N) is 1. The van der Waals surface area contributed by atoms with Crippen molar-refractivity contribution in [2.75, 3.05) is 44.3 Å². The molecule has 1 fully saturated rings. The van der Waals surface area contributed by atoms with Crippen LogP contribution >= 0.6 is 11.6 Å². The molecule has 1 saturated heterocycles. The van der Waals surface area contributed by atoms with Crippen molar-refractivity contribution in [3.63, 3.8) is 0 Å². The summed E-state index contributed by atoms with van der Waals surface area (Å²) in [5, 5.41) is 4.85. The molecule has 0 unspecified atom stereocenters. The van der Waals surface area contributed by atoms with E-state index in [0.717, 1.165) is 22.3 Å². The first-order valence-electron chi connectivity index (χ1n) is 14.0. The summed E-state index contributed by atoms with van der Waals surface area (Å²) >= 11 is 6.37. The van der Waals surface area contributed by atoms with Gasteiger partial charge in [-0.05, 0) is 41.3 Å². The number of hydrogen-bond donors (Lipinski definition) is 1. The van der Waals surface area contributed by atoms with E-state index >= 15 is 0 Å². The maximum Gasteiger partial charge on any atom is 0.407 e. The van der Waals surface area contributed by atoms with E-state index in [-0.39, 0.29) is 54.9 Å². The summed E-state index contributed by atoms with van der Waals surface area (Å²) in [5.74, 6) is 0.0955. The second kappa shape index (κ2) is 11.5. The first kappa shape index (κ1) is 29.0. The predicted octanol–water partition coefficient (Wildman–Crippen LogP) is 5.47. The molecule has 43 heavy (non-hydrogen) atoms. The lowest BCUT2D eigenvalue weighted by atomic mass is 9.98.